The van der Waals surface area contributed by atoms with E-state index in [2.05, 4.69) is 46.4 Å². The monoisotopic (exact) mass is 533 g/mol. The molecule has 0 radical (unpaired) electrons. The number of fused-ring (bicyclic) bond motifs is 1. The Balaban J connectivity index is 0.00000320. The van der Waals surface area contributed by atoms with Crippen LogP contribution in [-0.4, -0.2) is 71.5 Å². The van der Waals surface area contributed by atoms with Crippen molar-refractivity contribution in [1.82, 2.24) is 30.3 Å². The molecule has 9 heteroatoms. The lowest BCUT2D eigenvalue weighted by atomic mass is 9.97. The van der Waals surface area contributed by atoms with Crippen molar-refractivity contribution >= 4 is 29.9 Å². The number of guanidine groups is 1. The van der Waals surface area contributed by atoms with Crippen molar-refractivity contribution in [3.63, 3.8) is 0 Å². The molecule has 2 N–H and O–H groups in total. The molecule has 0 spiro atoms. The third-order valence-corrected chi connectivity index (χ3v) is 5.59. The Morgan fingerprint density at radius 1 is 1.30 bits per heavy atom. The highest BCUT2D eigenvalue weighted by Crippen LogP contribution is 2.18. The van der Waals surface area contributed by atoms with E-state index < -0.39 is 0 Å². The minimum Gasteiger partial charge on any atom is -0.377 e. The van der Waals surface area contributed by atoms with Gasteiger partial charge in [0.05, 0.1) is 6.54 Å². The van der Waals surface area contributed by atoms with Crippen molar-refractivity contribution in [3.05, 3.63) is 11.6 Å². The van der Waals surface area contributed by atoms with E-state index in [1.165, 1.54) is 32.5 Å². The van der Waals surface area contributed by atoms with Crippen LogP contribution in [0.15, 0.2) is 4.99 Å². The number of nitrogens with zero attached hydrogens (tertiary/aromatic N) is 5. The van der Waals surface area contributed by atoms with Crippen molar-refractivity contribution in [3.8, 4) is 0 Å². The lowest BCUT2D eigenvalue weighted by Crippen LogP contribution is -2.47. The second-order valence-corrected chi connectivity index (χ2v) is 8.82. The molecule has 0 saturated carbocycles. The number of halogens is 1. The van der Waals surface area contributed by atoms with Gasteiger partial charge >= 0.3 is 0 Å². The van der Waals surface area contributed by atoms with E-state index in [0.717, 1.165) is 56.0 Å². The number of hydrogen-bond acceptors (Lipinski definition) is 5. The average Bonchev–Trinajstić information content (AvgIpc) is 3.08. The minimum atomic E-state index is 0. The summed E-state index contributed by atoms with van der Waals surface area (Å²) >= 11 is 0. The fourth-order valence-electron chi connectivity index (χ4n) is 4.38. The predicted molar refractivity (Wildman–Crippen MR) is 131 cm³/mol. The Morgan fingerprint density at radius 3 is 2.87 bits per heavy atom. The molecular weight excluding hydrogens is 493 g/mol. The number of aliphatic imine (C=N–C) groups is 1. The molecule has 3 rings (SSSR count). The topological polar surface area (TPSA) is 79.6 Å². The van der Waals surface area contributed by atoms with E-state index in [1.807, 2.05) is 4.68 Å². The number of aryl methyl sites for hydroxylation is 1. The summed E-state index contributed by atoms with van der Waals surface area (Å²) < 4.78 is 7.18. The molecule has 1 aromatic heterocycles. The molecule has 2 aliphatic rings. The van der Waals surface area contributed by atoms with E-state index in [-0.39, 0.29) is 24.0 Å². The van der Waals surface area contributed by atoms with Crippen LogP contribution in [0.2, 0.25) is 0 Å². The Labute approximate surface area is 198 Å². The van der Waals surface area contributed by atoms with Gasteiger partial charge in [-0.05, 0) is 44.6 Å². The number of methoxy groups -OCH3 is 1. The van der Waals surface area contributed by atoms with Gasteiger partial charge in [0, 0.05) is 45.8 Å². The molecule has 1 fully saturated rings. The molecule has 0 bridgehead atoms. The van der Waals surface area contributed by atoms with Gasteiger partial charge in [0.2, 0.25) is 0 Å². The first-order chi connectivity index (χ1) is 14.1. The van der Waals surface area contributed by atoms with Gasteiger partial charge in [-0.1, -0.05) is 13.8 Å². The quantitative estimate of drug-likeness (QED) is 0.303. The summed E-state index contributed by atoms with van der Waals surface area (Å²) in [6.45, 7) is 13.4. The van der Waals surface area contributed by atoms with E-state index >= 15 is 0 Å². The maximum Gasteiger partial charge on any atom is 0.191 e. The summed E-state index contributed by atoms with van der Waals surface area (Å²) in [5.41, 5.74) is 0. The van der Waals surface area contributed by atoms with E-state index in [0.29, 0.717) is 18.6 Å². The van der Waals surface area contributed by atoms with Crippen LogP contribution in [0.3, 0.4) is 0 Å². The number of piperidine rings is 1. The zero-order valence-electron chi connectivity index (χ0n) is 19.1. The van der Waals surface area contributed by atoms with Crippen LogP contribution in [0, 0.1) is 11.8 Å². The van der Waals surface area contributed by atoms with Gasteiger partial charge in [-0.2, -0.15) is 5.10 Å². The average molecular weight is 534 g/mol. The first-order valence-electron chi connectivity index (χ1n) is 11.3. The van der Waals surface area contributed by atoms with Crippen molar-refractivity contribution < 1.29 is 4.74 Å². The Morgan fingerprint density at radius 2 is 2.13 bits per heavy atom. The molecule has 8 nitrogen and oxygen atoms in total. The van der Waals surface area contributed by atoms with Gasteiger partial charge in [-0.25, -0.2) is 9.67 Å². The largest absolute Gasteiger partial charge is 0.377 e. The van der Waals surface area contributed by atoms with E-state index in [1.54, 1.807) is 7.11 Å². The van der Waals surface area contributed by atoms with Crippen LogP contribution in [0.5, 0.6) is 0 Å². The Bertz CT molecular complexity index is 664. The van der Waals surface area contributed by atoms with Crippen LogP contribution in [0.1, 0.15) is 51.7 Å². The number of hydrogen-bond donors (Lipinski definition) is 2. The molecule has 2 aliphatic heterocycles. The summed E-state index contributed by atoms with van der Waals surface area (Å²) in [5.74, 6) is 4.15. The zero-order chi connectivity index (χ0) is 20.6. The smallest absolute Gasteiger partial charge is 0.191 e. The van der Waals surface area contributed by atoms with Crippen LogP contribution in [0.25, 0.3) is 0 Å². The lowest BCUT2D eigenvalue weighted by Gasteiger charge is -2.33. The van der Waals surface area contributed by atoms with Gasteiger partial charge < -0.3 is 20.3 Å². The summed E-state index contributed by atoms with van der Waals surface area (Å²) in [6.07, 6.45) is 4.55. The SMILES string of the molecule is CCNC(=NCC1CCCN(CC(C)C)C1)NC1CCc2nc(COC)nn2C1.I. The van der Waals surface area contributed by atoms with Gasteiger partial charge in [0.25, 0.3) is 0 Å². The highest BCUT2D eigenvalue weighted by Gasteiger charge is 2.23. The second kappa shape index (κ2) is 12.8. The molecule has 0 aromatic carbocycles. The van der Waals surface area contributed by atoms with Crippen molar-refractivity contribution in [2.24, 2.45) is 16.8 Å². The number of likely N-dealkylation sites (tertiary alicyclic amines) is 1. The van der Waals surface area contributed by atoms with Crippen molar-refractivity contribution in [1.29, 1.82) is 0 Å². The van der Waals surface area contributed by atoms with Crippen LogP contribution in [0.4, 0.5) is 0 Å². The normalized spacial score (nSPS) is 22.5. The highest BCUT2D eigenvalue weighted by molar-refractivity contribution is 14.0. The van der Waals surface area contributed by atoms with E-state index in [9.17, 15) is 0 Å². The molecular formula is C21H40IN7O. The Hall–Kier alpha value is -0.940. The molecule has 3 heterocycles. The number of rotatable bonds is 8. The highest BCUT2D eigenvalue weighted by atomic mass is 127. The summed E-state index contributed by atoms with van der Waals surface area (Å²) in [4.78, 5) is 12.1. The molecule has 1 saturated heterocycles. The Kier molecular flexibility index (Phi) is 10.8. The van der Waals surface area contributed by atoms with E-state index in [4.69, 9.17) is 9.73 Å². The summed E-state index contributed by atoms with van der Waals surface area (Å²) in [5, 5.41) is 11.6. The molecule has 2 atom stereocenters. The predicted octanol–water partition coefficient (Wildman–Crippen LogP) is 2.28. The fourth-order valence-corrected chi connectivity index (χ4v) is 4.38. The van der Waals surface area contributed by atoms with Crippen molar-refractivity contribution in [2.45, 2.75) is 65.6 Å². The standard InChI is InChI=1S/C21H39N7O.HI/c1-5-22-21(23-11-17-7-6-10-27(13-17)12-16(2)3)24-18-8-9-20-25-19(15-29-4)26-28(20)14-18;/h16-18H,5-15H2,1-4H3,(H2,22,23,24);1H. The van der Waals surface area contributed by atoms with Gasteiger partial charge in [-0.15, -0.1) is 24.0 Å². The minimum absolute atomic E-state index is 0. The lowest BCUT2D eigenvalue weighted by molar-refractivity contribution is 0.162. The molecule has 30 heavy (non-hydrogen) atoms. The molecule has 2 unspecified atom stereocenters. The molecule has 0 aliphatic carbocycles. The van der Waals surface area contributed by atoms with Gasteiger partial charge in [0.1, 0.15) is 12.4 Å². The summed E-state index contributed by atoms with van der Waals surface area (Å²) in [7, 11) is 1.68. The van der Waals surface area contributed by atoms with Crippen LogP contribution in [-0.2, 0) is 24.3 Å². The first-order valence-corrected chi connectivity index (χ1v) is 11.3. The first kappa shape index (κ1) is 25.3. The zero-order valence-corrected chi connectivity index (χ0v) is 21.4. The molecule has 1 aromatic rings. The maximum atomic E-state index is 5.16. The molecule has 0 amide bonds. The van der Waals surface area contributed by atoms with Crippen LogP contribution < -0.4 is 10.6 Å². The number of aromatic nitrogens is 3. The fraction of sp³-hybridized carbons (Fsp3) is 0.857. The molecule has 172 valence electrons. The second-order valence-electron chi connectivity index (χ2n) is 8.82. The third-order valence-electron chi connectivity index (χ3n) is 5.59. The van der Waals surface area contributed by atoms with Gasteiger partial charge in [-0.3, -0.25) is 4.99 Å². The van der Waals surface area contributed by atoms with Gasteiger partial charge in [0.15, 0.2) is 11.8 Å². The number of nitrogens with one attached hydrogen (secondary N) is 2. The third kappa shape index (κ3) is 7.64. The summed E-state index contributed by atoms with van der Waals surface area (Å²) in [6, 6.07) is 0.321. The van der Waals surface area contributed by atoms with Crippen molar-refractivity contribution in [2.75, 3.05) is 39.8 Å². The maximum absolute atomic E-state index is 5.16. The van der Waals surface area contributed by atoms with Crippen LogP contribution >= 0.6 is 24.0 Å². The number of ether oxygens (including phenoxy) is 1.